The van der Waals surface area contributed by atoms with E-state index in [4.69, 9.17) is 15.6 Å². The molecular formula is C21H21N5O. The van der Waals surface area contributed by atoms with Gasteiger partial charge < -0.3 is 10.5 Å². The molecule has 2 aromatic heterocycles. The number of nitrogens with two attached hydrogens (primary N) is 1. The van der Waals surface area contributed by atoms with Gasteiger partial charge in [-0.25, -0.2) is 14.6 Å². The first-order valence-electron chi connectivity index (χ1n) is 8.81. The maximum atomic E-state index is 6.25. The molecule has 0 amide bonds. The Morgan fingerprint density at radius 2 is 1.67 bits per heavy atom. The van der Waals surface area contributed by atoms with E-state index in [2.05, 4.69) is 9.97 Å². The van der Waals surface area contributed by atoms with Crippen molar-refractivity contribution >= 4 is 16.9 Å². The predicted molar refractivity (Wildman–Crippen MR) is 106 cm³/mol. The molecule has 0 radical (unpaired) electrons. The normalized spacial score (nSPS) is 12.4. The Morgan fingerprint density at radius 3 is 2.33 bits per heavy atom. The van der Waals surface area contributed by atoms with E-state index in [1.54, 1.807) is 7.11 Å². The van der Waals surface area contributed by atoms with Crippen LogP contribution in [0.2, 0.25) is 0 Å². The minimum Gasteiger partial charge on any atom is -0.383 e. The number of rotatable bonds is 5. The topological polar surface area (TPSA) is 78.9 Å². The second-order valence-corrected chi connectivity index (χ2v) is 6.39. The molecule has 1 unspecified atom stereocenters. The highest BCUT2D eigenvalue weighted by Crippen LogP contribution is 2.31. The van der Waals surface area contributed by atoms with Crippen LogP contribution in [0.15, 0.2) is 60.7 Å². The van der Waals surface area contributed by atoms with Gasteiger partial charge in [0.25, 0.3) is 0 Å². The molecule has 0 saturated heterocycles. The highest BCUT2D eigenvalue weighted by molar-refractivity contribution is 5.98. The van der Waals surface area contributed by atoms with Crippen molar-refractivity contribution in [2.24, 2.45) is 0 Å². The molecule has 1 atom stereocenters. The number of benzene rings is 2. The molecule has 4 aromatic rings. The van der Waals surface area contributed by atoms with Gasteiger partial charge in [0.2, 0.25) is 0 Å². The van der Waals surface area contributed by atoms with Gasteiger partial charge in [0.05, 0.1) is 11.9 Å². The minimum absolute atomic E-state index is 0.144. The summed E-state index contributed by atoms with van der Waals surface area (Å²) < 4.78 is 7.59. The van der Waals surface area contributed by atoms with E-state index in [1.807, 2.05) is 72.3 Å². The maximum absolute atomic E-state index is 6.25. The first-order valence-corrected chi connectivity index (χ1v) is 8.81. The number of nitrogens with zero attached hydrogens (tertiary/aromatic N) is 4. The number of methoxy groups -OCH3 is 1. The summed E-state index contributed by atoms with van der Waals surface area (Å²) in [6, 6.07) is 20.0. The molecule has 2 N–H and O–H groups in total. The van der Waals surface area contributed by atoms with E-state index in [9.17, 15) is 0 Å². The van der Waals surface area contributed by atoms with Gasteiger partial charge in [-0.2, -0.15) is 5.10 Å². The molecule has 0 saturated carbocycles. The predicted octanol–water partition coefficient (Wildman–Crippen LogP) is 3.77. The third-order valence-corrected chi connectivity index (χ3v) is 4.57. The summed E-state index contributed by atoms with van der Waals surface area (Å²) in [5.74, 6) is 1.06. The van der Waals surface area contributed by atoms with Crippen LogP contribution in [0.5, 0.6) is 0 Å². The summed E-state index contributed by atoms with van der Waals surface area (Å²) in [7, 11) is 1.70. The third kappa shape index (κ3) is 3.27. The van der Waals surface area contributed by atoms with E-state index in [0.29, 0.717) is 18.2 Å². The first kappa shape index (κ1) is 17.2. The smallest absolute Gasteiger partial charge is 0.164 e. The number of anilines is 1. The quantitative estimate of drug-likeness (QED) is 0.587. The van der Waals surface area contributed by atoms with Crippen LogP contribution in [-0.2, 0) is 11.3 Å². The van der Waals surface area contributed by atoms with E-state index < -0.39 is 0 Å². The Bertz CT molecular complexity index is 1060. The molecule has 27 heavy (non-hydrogen) atoms. The van der Waals surface area contributed by atoms with E-state index in [0.717, 1.165) is 27.9 Å². The molecule has 2 heterocycles. The van der Waals surface area contributed by atoms with E-state index in [-0.39, 0.29) is 6.10 Å². The summed E-state index contributed by atoms with van der Waals surface area (Å²) in [6.07, 6.45) is -0.144. The average Bonchev–Trinajstić information content (AvgIpc) is 3.06. The summed E-state index contributed by atoms with van der Waals surface area (Å²) in [6.45, 7) is 2.36. The molecule has 2 aromatic carbocycles. The zero-order chi connectivity index (χ0) is 18.8. The van der Waals surface area contributed by atoms with Crippen LogP contribution in [0.3, 0.4) is 0 Å². The monoisotopic (exact) mass is 359 g/mol. The SMILES string of the molecule is COC(Cn1nc(-c2ccccc2)c2c(N)nc(C)nc21)c1ccccc1. The van der Waals surface area contributed by atoms with Crippen molar-refractivity contribution in [1.29, 1.82) is 0 Å². The lowest BCUT2D eigenvalue weighted by molar-refractivity contribution is 0.0857. The number of aromatic nitrogens is 4. The van der Waals surface area contributed by atoms with Crippen LogP contribution in [-0.4, -0.2) is 26.9 Å². The van der Waals surface area contributed by atoms with Crippen LogP contribution in [0.4, 0.5) is 5.82 Å². The molecule has 136 valence electrons. The Balaban J connectivity index is 1.86. The molecule has 0 bridgehead atoms. The lowest BCUT2D eigenvalue weighted by atomic mass is 10.1. The fraction of sp³-hybridized carbons (Fsp3) is 0.190. The summed E-state index contributed by atoms with van der Waals surface area (Å²) in [4.78, 5) is 8.96. The van der Waals surface area contributed by atoms with E-state index in [1.165, 1.54) is 0 Å². The molecule has 0 spiro atoms. The van der Waals surface area contributed by atoms with Gasteiger partial charge in [-0.3, -0.25) is 0 Å². The van der Waals surface area contributed by atoms with Crippen molar-refractivity contribution in [3.63, 3.8) is 0 Å². The van der Waals surface area contributed by atoms with Crippen molar-refractivity contribution < 1.29 is 4.74 Å². The molecule has 6 nitrogen and oxygen atoms in total. The van der Waals surface area contributed by atoms with Gasteiger partial charge in [0.15, 0.2) is 5.65 Å². The van der Waals surface area contributed by atoms with Crippen LogP contribution < -0.4 is 5.73 Å². The molecule has 0 fully saturated rings. The van der Waals surface area contributed by atoms with Gasteiger partial charge in [-0.1, -0.05) is 60.7 Å². The zero-order valence-electron chi connectivity index (χ0n) is 15.3. The fourth-order valence-electron chi connectivity index (χ4n) is 3.28. The van der Waals surface area contributed by atoms with Gasteiger partial charge in [0.1, 0.15) is 23.4 Å². The number of aryl methyl sites for hydroxylation is 1. The number of hydrogen-bond donors (Lipinski definition) is 1. The molecular weight excluding hydrogens is 338 g/mol. The van der Waals surface area contributed by atoms with Crippen molar-refractivity contribution in [1.82, 2.24) is 19.7 Å². The number of nitrogen functional groups attached to an aromatic ring is 1. The number of ether oxygens (including phenoxy) is 1. The van der Waals surface area contributed by atoms with Crippen molar-refractivity contribution in [3.8, 4) is 11.3 Å². The molecule has 0 aliphatic rings. The highest BCUT2D eigenvalue weighted by Gasteiger charge is 2.20. The second kappa shape index (κ2) is 7.17. The summed E-state index contributed by atoms with van der Waals surface area (Å²) >= 11 is 0. The fourth-order valence-corrected chi connectivity index (χ4v) is 3.28. The summed E-state index contributed by atoms with van der Waals surface area (Å²) in [5.41, 5.74) is 9.82. The second-order valence-electron chi connectivity index (χ2n) is 6.39. The Labute approximate surface area is 157 Å². The largest absolute Gasteiger partial charge is 0.383 e. The van der Waals surface area contributed by atoms with Crippen LogP contribution in [0.1, 0.15) is 17.5 Å². The Hall–Kier alpha value is -3.25. The standard InChI is InChI=1S/C21H21N5O/c1-14-23-20(22)18-19(16-11-7-4-8-12-16)25-26(21(18)24-14)13-17(27-2)15-9-5-3-6-10-15/h3-12,17H,13H2,1-2H3,(H2,22,23,24). The third-order valence-electron chi connectivity index (χ3n) is 4.57. The maximum Gasteiger partial charge on any atom is 0.164 e. The zero-order valence-corrected chi connectivity index (χ0v) is 15.3. The number of hydrogen-bond acceptors (Lipinski definition) is 5. The lowest BCUT2D eigenvalue weighted by Gasteiger charge is -2.16. The van der Waals surface area contributed by atoms with Crippen LogP contribution >= 0.6 is 0 Å². The van der Waals surface area contributed by atoms with Crippen molar-refractivity contribution in [2.45, 2.75) is 19.6 Å². The Morgan fingerprint density at radius 1 is 1.00 bits per heavy atom. The van der Waals surface area contributed by atoms with E-state index >= 15 is 0 Å². The van der Waals surface area contributed by atoms with Gasteiger partial charge in [-0.15, -0.1) is 0 Å². The number of fused-ring (bicyclic) bond motifs is 1. The highest BCUT2D eigenvalue weighted by atomic mass is 16.5. The van der Waals surface area contributed by atoms with Crippen molar-refractivity contribution in [3.05, 3.63) is 72.1 Å². The Kier molecular flexibility index (Phi) is 4.56. The van der Waals surface area contributed by atoms with Gasteiger partial charge in [0, 0.05) is 12.7 Å². The van der Waals surface area contributed by atoms with Gasteiger partial charge in [-0.05, 0) is 12.5 Å². The molecule has 0 aliphatic carbocycles. The lowest BCUT2D eigenvalue weighted by Crippen LogP contribution is -2.13. The van der Waals surface area contributed by atoms with Crippen molar-refractivity contribution in [2.75, 3.05) is 12.8 Å². The molecule has 0 aliphatic heterocycles. The first-order chi connectivity index (χ1) is 13.2. The van der Waals surface area contributed by atoms with Crippen LogP contribution in [0.25, 0.3) is 22.3 Å². The summed E-state index contributed by atoms with van der Waals surface area (Å²) in [5, 5.41) is 5.60. The minimum atomic E-state index is -0.144. The van der Waals surface area contributed by atoms with Gasteiger partial charge >= 0.3 is 0 Å². The molecule has 4 rings (SSSR count). The molecule has 6 heteroatoms. The van der Waals surface area contributed by atoms with Crippen LogP contribution in [0, 0.1) is 6.92 Å². The average molecular weight is 359 g/mol.